The van der Waals surface area contributed by atoms with E-state index in [1.165, 1.54) is 48.7 Å². The van der Waals surface area contributed by atoms with Gasteiger partial charge in [0, 0.05) is 158 Å². The molecule has 0 aliphatic carbocycles. The number of rotatable bonds is 27. The van der Waals surface area contributed by atoms with Crippen LogP contribution in [0.15, 0.2) is 273 Å². The number of hydrogen-bond acceptors (Lipinski definition) is 11. The minimum atomic E-state index is -2.45. The molecule has 33 heteroatoms. The fraction of sp³-hybridized carbons (Fsp3) is 0.304. The highest BCUT2D eigenvalue weighted by Crippen LogP contribution is 2.51. The number of benzene rings is 10. The Morgan fingerprint density at radius 3 is 0.876 bits per heavy atom. The number of methoxy groups -OCH3 is 2. The molecular formula is C112H117F12N11O10. The lowest BCUT2D eigenvalue weighted by Crippen LogP contribution is -2.50. The van der Waals surface area contributed by atoms with Crippen molar-refractivity contribution in [3.05, 3.63) is 387 Å². The van der Waals surface area contributed by atoms with Crippen LogP contribution >= 0.6 is 0 Å². The normalized spacial score (nSPS) is 18.6. The Hall–Kier alpha value is -14.9. The third-order valence-electron chi connectivity index (χ3n) is 25.7. The van der Waals surface area contributed by atoms with Crippen molar-refractivity contribution < 1.29 is 101 Å². The number of amides is 10. The first-order valence-corrected chi connectivity index (χ1v) is 46.7. The van der Waals surface area contributed by atoms with Crippen molar-refractivity contribution >= 4 is 76.6 Å². The number of hydrogen-bond donors (Lipinski definition) is 1. The summed E-state index contributed by atoms with van der Waals surface area (Å²) in [4.78, 5) is 115. The van der Waals surface area contributed by atoms with Crippen LogP contribution in [0, 0.1) is 58.2 Å². The first-order valence-electron chi connectivity index (χ1n) is 46.7. The summed E-state index contributed by atoms with van der Waals surface area (Å²) in [6, 6.07) is 61.2. The number of carbonyl (C=O) groups is 8. The van der Waals surface area contributed by atoms with E-state index >= 15 is 0 Å². The molecule has 5 heterocycles. The molecule has 0 aromatic heterocycles. The van der Waals surface area contributed by atoms with E-state index in [9.17, 15) is 91.0 Å². The predicted molar refractivity (Wildman–Crippen MR) is 533 cm³/mol. The third kappa shape index (κ3) is 25.5. The molecule has 0 spiro atoms. The summed E-state index contributed by atoms with van der Waals surface area (Å²) in [6.45, 7) is 0.935. The molecule has 1 N–H and O–H groups in total. The zero-order chi connectivity index (χ0) is 105. The first kappa shape index (κ1) is 111. The fourth-order valence-electron chi connectivity index (χ4n) is 18.7. The molecule has 764 valence electrons. The van der Waals surface area contributed by atoms with Gasteiger partial charge in [0.2, 0.25) is 0 Å². The smallest absolute Gasteiger partial charge is 0.321 e. The van der Waals surface area contributed by atoms with E-state index in [1.807, 2.05) is 133 Å². The van der Waals surface area contributed by atoms with Gasteiger partial charge in [-0.05, 0) is 222 Å². The molecule has 0 fully saturated rings. The lowest BCUT2D eigenvalue weighted by atomic mass is 9.84. The van der Waals surface area contributed by atoms with Crippen LogP contribution in [-0.2, 0) is 51.6 Å². The fourth-order valence-corrected chi connectivity index (χ4v) is 18.7. The molecule has 5 aliphatic heterocycles. The zero-order valence-corrected chi connectivity index (χ0v) is 82.6. The first-order chi connectivity index (χ1) is 69.2. The van der Waals surface area contributed by atoms with Crippen molar-refractivity contribution in [2.75, 3.05) is 137 Å². The number of urea groups is 5. The monoisotopic (exact) mass is 2000 g/mol. The molecule has 0 radical (unpaired) electrons. The topological polar surface area (TPSA) is 199 Å². The van der Waals surface area contributed by atoms with Crippen LogP contribution in [0.3, 0.4) is 0 Å². The van der Waals surface area contributed by atoms with Gasteiger partial charge in [-0.25, -0.2) is 76.7 Å². The van der Waals surface area contributed by atoms with Crippen LogP contribution < -0.4 is 5.32 Å². The van der Waals surface area contributed by atoms with E-state index in [4.69, 9.17) is 9.47 Å². The Balaban J connectivity index is 0.000000173. The van der Waals surface area contributed by atoms with Crippen molar-refractivity contribution in [3.63, 3.8) is 0 Å². The van der Waals surface area contributed by atoms with Crippen LogP contribution in [0.5, 0.6) is 0 Å². The maximum Gasteiger partial charge on any atom is 0.321 e. The van der Waals surface area contributed by atoms with Crippen molar-refractivity contribution in [1.82, 2.24) is 54.3 Å². The van der Waals surface area contributed by atoms with E-state index in [0.29, 0.717) is 85.0 Å². The zero-order valence-electron chi connectivity index (χ0n) is 82.6. The lowest BCUT2D eigenvalue weighted by molar-refractivity contribution is -0.141. The molecule has 10 aromatic rings. The maximum atomic E-state index is 14.6. The summed E-state index contributed by atoms with van der Waals surface area (Å²) in [5, 5.41) is 2.71. The van der Waals surface area contributed by atoms with Crippen LogP contribution in [0.2, 0.25) is 0 Å². The Bertz CT molecular complexity index is 6410. The average Bonchev–Trinajstić information content (AvgIpc) is 1.61. The second-order valence-electron chi connectivity index (χ2n) is 36.3. The van der Waals surface area contributed by atoms with Crippen molar-refractivity contribution in [1.29, 1.82) is 0 Å². The average molecular weight is 2010 g/mol. The second kappa shape index (κ2) is 49.4. The van der Waals surface area contributed by atoms with Crippen LogP contribution in [0.4, 0.5) is 76.7 Å². The molecule has 10 amide bonds. The Morgan fingerprint density at radius 1 is 0.345 bits per heavy atom. The number of alkyl halides is 2. The molecule has 145 heavy (non-hydrogen) atoms. The van der Waals surface area contributed by atoms with Gasteiger partial charge in [0.05, 0.1) is 35.8 Å². The largest absolute Gasteiger partial charge is 0.469 e. The van der Waals surface area contributed by atoms with Gasteiger partial charge in [0.25, 0.3) is 6.43 Å². The van der Waals surface area contributed by atoms with Crippen LogP contribution in [0.1, 0.15) is 107 Å². The van der Waals surface area contributed by atoms with Crippen molar-refractivity contribution in [3.8, 4) is 0 Å². The number of nitrogens with zero attached hydrogens (tertiary/aromatic N) is 10. The Morgan fingerprint density at radius 2 is 0.607 bits per heavy atom. The maximum absolute atomic E-state index is 14.6. The molecule has 10 aromatic carbocycles. The summed E-state index contributed by atoms with van der Waals surface area (Å²) in [7, 11) is 19.2. The number of carbonyl (C=O) groups excluding carboxylic acids is 8. The van der Waals surface area contributed by atoms with Gasteiger partial charge < -0.3 is 68.6 Å². The molecule has 5 unspecified atom stereocenters. The predicted octanol–water partition coefficient (Wildman–Crippen LogP) is 21.4. The van der Waals surface area contributed by atoms with Crippen LogP contribution in [0.25, 0.3) is 27.9 Å². The van der Waals surface area contributed by atoms with Gasteiger partial charge in [-0.1, -0.05) is 152 Å². The number of esters is 1. The summed E-state index contributed by atoms with van der Waals surface area (Å²) in [6.07, 6.45) is 10.9. The number of halogens is 12. The van der Waals surface area contributed by atoms with Gasteiger partial charge in [-0.15, -0.1) is 0 Å². The van der Waals surface area contributed by atoms with E-state index in [1.54, 1.807) is 140 Å². The highest BCUT2D eigenvalue weighted by atomic mass is 19.3. The number of nitrogens with one attached hydrogen (secondary N) is 1. The Kier molecular flexibility index (Phi) is 37.7. The minimum absolute atomic E-state index is 0.00891. The van der Waals surface area contributed by atoms with Gasteiger partial charge in [-0.3, -0.25) is 9.59 Å². The highest BCUT2D eigenvalue weighted by molar-refractivity contribution is 5.92. The Labute approximate surface area is 836 Å². The SMILES string of the molecule is CN(C)C(=O)N1CC(c2cc(F)ccc2F)=CC1(C=O)c1ccccc1.CN(C)C(=O)N1CC(c2cc(F)ccc2F)=CC1(CCC=O)c1ccccc1.CN(C)C(=O)N1CC(c2cc(F)ccc2F)=CC1(CCCNCC(F)F)c1ccccc1.COC(=O)CCC1(c2ccccc2)C=C(c2cc(F)ccc2F)CN1C(=O)N(C)C.COCCCC1(c2ccccc2)C=C(c2cc(F)ccc2F)CN1C(=O)N(C)C. The van der Waals surface area contributed by atoms with Gasteiger partial charge in [-0.2, -0.15) is 0 Å². The summed E-state index contributed by atoms with van der Waals surface area (Å²) < 4.78 is 176. The summed E-state index contributed by atoms with van der Waals surface area (Å²) in [5.41, 5.74) is 1.95. The van der Waals surface area contributed by atoms with E-state index in [2.05, 4.69) is 5.32 Å². The summed E-state index contributed by atoms with van der Waals surface area (Å²) >= 11 is 0. The lowest BCUT2D eigenvalue weighted by Gasteiger charge is -2.40. The standard InChI is InChI=1S/C24H27F4N3O.C23H24F2N2O3.C23H26F2N2O2.C22H22F2N2O2.C20H18F2N2O2/c1-30(2)23(32)31-16-17(20-13-19(25)9-10-21(20)26)14-24(31,18-7-4-3-5-8-18)11-6-12-29-15-22(27)28;1-26(2)22(29)27-15-16(19-13-18(24)9-10-20(19)25)14-23(27,12-11-21(28)30-3)17-7-5-4-6-8-17;1-26(2)22(28)27-16-17(20-14-19(24)10-11-21(20)25)15-23(27,12-7-13-29-3)18-8-5-4-6-9-18;1-25(2)21(28)26-15-16(19-13-18(23)9-10-20(19)24)14-22(26,11-6-12-27)17-7-4-3-5-8-17;1-23(2)19(26)24-12-14(17-10-16(21)8-9-18(17)22)11-20(24,13-25)15-6-4-3-5-7-15/h3-5,7-10,13-14,22,29H,6,11-12,15-16H2,1-2H3;4-10,13-14H,11-12,15H2,1-3H3;4-6,8-11,14-15H,7,12-13,16H2,1-3H3;3-5,7-10,12-14H,6,11,15H2,1-2H3;3-11,13H,12H2,1-2H3. The molecule has 15 rings (SSSR count). The number of ether oxygens (including phenoxy) is 2. The molecule has 0 bridgehead atoms. The van der Waals surface area contributed by atoms with E-state index in [-0.39, 0.29) is 104 Å². The van der Waals surface area contributed by atoms with Gasteiger partial charge in [0.1, 0.15) is 70.0 Å². The van der Waals surface area contributed by atoms with E-state index in [0.717, 1.165) is 113 Å². The van der Waals surface area contributed by atoms with Gasteiger partial charge >= 0.3 is 36.1 Å². The van der Waals surface area contributed by atoms with Gasteiger partial charge in [0.15, 0.2) is 6.29 Å². The molecule has 5 atom stereocenters. The van der Waals surface area contributed by atoms with Crippen LogP contribution in [-0.4, -0.2) is 241 Å². The molecule has 5 aliphatic rings. The quantitative estimate of drug-likeness (QED) is 0.0222. The second-order valence-corrected chi connectivity index (χ2v) is 36.3. The van der Waals surface area contributed by atoms with E-state index < -0.39 is 111 Å². The molecule has 0 saturated heterocycles. The van der Waals surface area contributed by atoms with Crippen molar-refractivity contribution in [2.24, 2.45) is 0 Å². The van der Waals surface area contributed by atoms with Crippen molar-refractivity contribution in [2.45, 2.75) is 85.5 Å². The molecule has 0 saturated carbocycles. The minimum Gasteiger partial charge on any atom is -0.469 e. The highest BCUT2D eigenvalue weighted by Gasteiger charge is 2.52. The number of aldehydes is 2. The molecule has 21 nitrogen and oxygen atoms in total. The summed E-state index contributed by atoms with van der Waals surface area (Å²) in [5.74, 6) is -6.00. The third-order valence-corrected chi connectivity index (χ3v) is 25.7. The molecular weight excluding hydrogens is 1890 g/mol.